The number of hydrogen-bond donors (Lipinski definition) is 1. The number of hydrogen-bond acceptors (Lipinski definition) is 3. The number of rotatable bonds is 3. The predicted octanol–water partition coefficient (Wildman–Crippen LogP) is 1.36. The first-order chi connectivity index (χ1) is 10.7. The second kappa shape index (κ2) is 6.22. The van der Waals surface area contributed by atoms with E-state index in [1.807, 2.05) is 15.9 Å². The molecule has 3 rings (SSSR count). The van der Waals surface area contributed by atoms with Crippen molar-refractivity contribution in [2.45, 2.75) is 25.7 Å². The molecule has 1 atom stereocenters. The Bertz CT molecular complexity index is 616. The van der Waals surface area contributed by atoms with Crippen molar-refractivity contribution >= 4 is 11.8 Å². The van der Waals surface area contributed by atoms with Crippen LogP contribution in [0.25, 0.3) is 0 Å². The van der Waals surface area contributed by atoms with E-state index in [1.165, 1.54) is 0 Å². The summed E-state index contributed by atoms with van der Waals surface area (Å²) in [6, 6.07) is 3.61. The van der Waals surface area contributed by atoms with Crippen molar-refractivity contribution in [3.05, 3.63) is 23.5 Å². The predicted molar refractivity (Wildman–Crippen MR) is 79.9 cm³/mol. The smallest absolute Gasteiger partial charge is 0.270 e. The molecule has 2 saturated heterocycles. The second-order valence-electron chi connectivity index (χ2n) is 6.12. The monoisotopic (exact) mass is 300 g/mol. The third-order valence-electron chi connectivity index (χ3n) is 4.50. The second-order valence-corrected chi connectivity index (χ2v) is 6.12. The molecule has 2 amide bonds. The first-order valence-corrected chi connectivity index (χ1v) is 7.83. The number of carbonyl (C=O) groups excluding carboxylic acids is 2. The van der Waals surface area contributed by atoms with Gasteiger partial charge in [0.1, 0.15) is 11.8 Å². The van der Waals surface area contributed by atoms with Gasteiger partial charge in [-0.2, -0.15) is 5.26 Å². The van der Waals surface area contributed by atoms with Gasteiger partial charge in [-0.3, -0.25) is 9.59 Å². The molecule has 1 N–H and O–H groups in total. The van der Waals surface area contributed by atoms with Gasteiger partial charge in [0.2, 0.25) is 5.91 Å². The van der Waals surface area contributed by atoms with Gasteiger partial charge in [0.05, 0.1) is 5.56 Å². The molecule has 116 valence electrons. The highest BCUT2D eigenvalue weighted by Gasteiger charge is 2.29. The van der Waals surface area contributed by atoms with E-state index in [0.717, 1.165) is 38.9 Å². The average Bonchev–Trinajstić information content (AvgIpc) is 3.16. The number of aromatic nitrogens is 1. The first kappa shape index (κ1) is 14.6. The summed E-state index contributed by atoms with van der Waals surface area (Å²) >= 11 is 0. The lowest BCUT2D eigenvalue weighted by atomic mass is 9.97. The summed E-state index contributed by atoms with van der Waals surface area (Å²) in [6.45, 7) is 3.04. The van der Waals surface area contributed by atoms with E-state index < -0.39 is 0 Å². The minimum Gasteiger partial charge on any atom is -0.356 e. The van der Waals surface area contributed by atoms with Crippen LogP contribution in [0.4, 0.5) is 0 Å². The Morgan fingerprint density at radius 1 is 1.41 bits per heavy atom. The van der Waals surface area contributed by atoms with Crippen molar-refractivity contribution in [1.82, 2.24) is 14.8 Å². The van der Waals surface area contributed by atoms with Crippen LogP contribution in [0.2, 0.25) is 0 Å². The molecule has 2 aliphatic heterocycles. The number of nitrogens with zero attached hydrogens (tertiary/aromatic N) is 3. The lowest BCUT2D eigenvalue weighted by Gasteiger charge is -2.34. The van der Waals surface area contributed by atoms with E-state index in [-0.39, 0.29) is 11.8 Å². The van der Waals surface area contributed by atoms with Crippen molar-refractivity contribution in [2.24, 2.45) is 5.92 Å². The zero-order valence-electron chi connectivity index (χ0n) is 12.5. The molecule has 2 aliphatic rings. The van der Waals surface area contributed by atoms with Gasteiger partial charge in [0.25, 0.3) is 5.91 Å². The van der Waals surface area contributed by atoms with E-state index in [9.17, 15) is 9.59 Å². The fourth-order valence-corrected chi connectivity index (χ4v) is 3.36. The number of nitrogens with one attached hydrogen (secondary N) is 1. The van der Waals surface area contributed by atoms with Crippen LogP contribution in [0.5, 0.6) is 0 Å². The van der Waals surface area contributed by atoms with Gasteiger partial charge >= 0.3 is 0 Å². The molecular weight excluding hydrogens is 280 g/mol. The van der Waals surface area contributed by atoms with Crippen molar-refractivity contribution in [3.63, 3.8) is 0 Å². The number of nitriles is 1. The van der Waals surface area contributed by atoms with Crippen LogP contribution in [0.3, 0.4) is 0 Å². The van der Waals surface area contributed by atoms with Crippen molar-refractivity contribution in [3.8, 4) is 6.07 Å². The molecule has 22 heavy (non-hydrogen) atoms. The summed E-state index contributed by atoms with van der Waals surface area (Å²) in [5.41, 5.74) is 0.939. The fraction of sp³-hybridized carbons (Fsp3) is 0.562. The molecule has 0 spiro atoms. The summed E-state index contributed by atoms with van der Waals surface area (Å²) in [7, 11) is 0. The van der Waals surface area contributed by atoms with Crippen molar-refractivity contribution in [1.29, 1.82) is 5.26 Å². The van der Waals surface area contributed by atoms with Crippen molar-refractivity contribution < 1.29 is 9.59 Å². The summed E-state index contributed by atoms with van der Waals surface area (Å²) in [6.07, 6.45) is 5.19. The van der Waals surface area contributed by atoms with Gasteiger partial charge in [0.15, 0.2) is 0 Å². The molecule has 2 fully saturated rings. The van der Waals surface area contributed by atoms with Gasteiger partial charge in [0, 0.05) is 38.8 Å². The SMILES string of the molecule is N#Cc1c[nH]c(C(=O)N2CCC[C@H](CN3CCCC3=O)C2)c1. The Morgan fingerprint density at radius 3 is 2.95 bits per heavy atom. The highest BCUT2D eigenvalue weighted by atomic mass is 16.2. The molecule has 6 heteroatoms. The lowest BCUT2D eigenvalue weighted by molar-refractivity contribution is -0.128. The number of H-pyrrole nitrogens is 1. The molecule has 0 radical (unpaired) electrons. The molecule has 0 unspecified atom stereocenters. The van der Waals surface area contributed by atoms with Crippen LogP contribution in [0.1, 0.15) is 41.7 Å². The van der Waals surface area contributed by atoms with Crippen LogP contribution in [0.15, 0.2) is 12.3 Å². The largest absolute Gasteiger partial charge is 0.356 e. The van der Waals surface area contributed by atoms with Gasteiger partial charge in [-0.1, -0.05) is 0 Å². The molecular formula is C16H20N4O2. The maximum atomic E-state index is 12.5. The molecule has 3 heterocycles. The number of carbonyl (C=O) groups is 2. The molecule has 0 aromatic carbocycles. The molecule has 0 aliphatic carbocycles. The summed E-state index contributed by atoms with van der Waals surface area (Å²) in [5, 5.41) is 8.84. The summed E-state index contributed by atoms with van der Waals surface area (Å²) in [5.74, 6) is 0.538. The minimum atomic E-state index is -0.0565. The maximum Gasteiger partial charge on any atom is 0.270 e. The Labute approximate surface area is 129 Å². The van der Waals surface area contributed by atoms with E-state index in [2.05, 4.69) is 4.98 Å². The molecule has 0 saturated carbocycles. The Kier molecular flexibility index (Phi) is 4.14. The van der Waals surface area contributed by atoms with Gasteiger partial charge < -0.3 is 14.8 Å². The number of aromatic amines is 1. The summed E-state index contributed by atoms with van der Waals surface area (Å²) in [4.78, 5) is 30.8. The van der Waals surface area contributed by atoms with E-state index >= 15 is 0 Å². The van der Waals surface area contributed by atoms with Crippen LogP contribution in [0, 0.1) is 17.2 Å². The lowest BCUT2D eigenvalue weighted by Crippen LogP contribution is -2.44. The molecule has 0 bridgehead atoms. The van der Waals surface area contributed by atoms with Gasteiger partial charge in [-0.05, 0) is 31.2 Å². The van der Waals surface area contributed by atoms with E-state index in [1.54, 1.807) is 12.3 Å². The highest BCUT2D eigenvalue weighted by molar-refractivity contribution is 5.93. The zero-order valence-corrected chi connectivity index (χ0v) is 12.5. The Balaban J connectivity index is 1.61. The molecule has 1 aromatic heterocycles. The average molecular weight is 300 g/mol. The fourth-order valence-electron chi connectivity index (χ4n) is 3.36. The third kappa shape index (κ3) is 2.98. The Hall–Kier alpha value is -2.29. The van der Waals surface area contributed by atoms with Crippen LogP contribution >= 0.6 is 0 Å². The topological polar surface area (TPSA) is 80.2 Å². The molecule has 6 nitrogen and oxygen atoms in total. The highest BCUT2D eigenvalue weighted by Crippen LogP contribution is 2.22. The van der Waals surface area contributed by atoms with Gasteiger partial charge in [-0.15, -0.1) is 0 Å². The number of likely N-dealkylation sites (tertiary alicyclic amines) is 2. The van der Waals surface area contributed by atoms with Crippen molar-refractivity contribution in [2.75, 3.05) is 26.2 Å². The number of amides is 2. The van der Waals surface area contributed by atoms with E-state index in [4.69, 9.17) is 5.26 Å². The maximum absolute atomic E-state index is 12.5. The van der Waals surface area contributed by atoms with Crippen LogP contribution in [-0.4, -0.2) is 52.8 Å². The standard InChI is InChI=1S/C16H20N4O2/c17-8-13-7-14(18-9-13)16(22)20-6-1-3-12(11-20)10-19-5-2-4-15(19)21/h7,9,12,18H,1-6,10-11H2/t12-/m1/s1. The zero-order chi connectivity index (χ0) is 15.5. The normalized spacial score (nSPS) is 22.0. The van der Waals surface area contributed by atoms with Crippen LogP contribution < -0.4 is 0 Å². The van der Waals surface area contributed by atoms with Crippen LogP contribution in [-0.2, 0) is 4.79 Å². The summed E-state index contributed by atoms with van der Waals surface area (Å²) < 4.78 is 0. The minimum absolute atomic E-state index is 0.0565. The quantitative estimate of drug-likeness (QED) is 0.915. The number of piperidine rings is 1. The first-order valence-electron chi connectivity index (χ1n) is 7.83. The Morgan fingerprint density at radius 2 is 2.27 bits per heavy atom. The third-order valence-corrected chi connectivity index (χ3v) is 4.50. The van der Waals surface area contributed by atoms with E-state index in [0.29, 0.717) is 30.1 Å². The van der Waals surface area contributed by atoms with Gasteiger partial charge in [-0.25, -0.2) is 0 Å². The molecule has 1 aromatic rings.